The predicted octanol–water partition coefficient (Wildman–Crippen LogP) is 0.676. The molecule has 0 spiro atoms. The summed E-state index contributed by atoms with van der Waals surface area (Å²) in [4.78, 5) is 2.37. The van der Waals surface area contributed by atoms with Gasteiger partial charge in [-0.15, -0.1) is 5.10 Å². The van der Waals surface area contributed by atoms with E-state index in [1.165, 1.54) is 0 Å². The smallest absolute Gasteiger partial charge is 0.165 e. The van der Waals surface area contributed by atoms with Crippen LogP contribution in [0.1, 0.15) is 38.9 Å². The standard InChI is InChI=1S/C12H23N5O/c1-3-6-17-12(13-14-15-17)9-16-7-4-11(5-8-16)10(2)18/h10-11,18H,3-9H2,1-2H3. The van der Waals surface area contributed by atoms with E-state index in [4.69, 9.17) is 0 Å². The summed E-state index contributed by atoms with van der Waals surface area (Å²) in [5.41, 5.74) is 0. The second kappa shape index (κ2) is 6.24. The van der Waals surface area contributed by atoms with Gasteiger partial charge in [0.2, 0.25) is 0 Å². The van der Waals surface area contributed by atoms with Crippen LogP contribution in [0.5, 0.6) is 0 Å². The number of hydrogen-bond acceptors (Lipinski definition) is 5. The molecule has 1 fully saturated rings. The lowest BCUT2D eigenvalue weighted by Gasteiger charge is -2.32. The zero-order chi connectivity index (χ0) is 13.0. The van der Waals surface area contributed by atoms with Gasteiger partial charge in [0.1, 0.15) is 0 Å². The van der Waals surface area contributed by atoms with Gasteiger partial charge in [-0.3, -0.25) is 4.90 Å². The summed E-state index contributed by atoms with van der Waals surface area (Å²) in [5, 5.41) is 21.4. The quantitative estimate of drug-likeness (QED) is 0.835. The predicted molar refractivity (Wildman–Crippen MR) is 67.8 cm³/mol. The number of tetrazole rings is 1. The summed E-state index contributed by atoms with van der Waals surface area (Å²) >= 11 is 0. The van der Waals surface area contributed by atoms with Crippen LogP contribution < -0.4 is 0 Å². The van der Waals surface area contributed by atoms with Crippen LogP contribution in [0.25, 0.3) is 0 Å². The van der Waals surface area contributed by atoms with Gasteiger partial charge in [0, 0.05) is 6.54 Å². The minimum Gasteiger partial charge on any atom is -0.393 e. The van der Waals surface area contributed by atoms with Crippen molar-refractivity contribution in [2.75, 3.05) is 13.1 Å². The molecule has 1 unspecified atom stereocenters. The Bertz CT molecular complexity index is 357. The molecule has 0 amide bonds. The Hall–Kier alpha value is -1.01. The highest BCUT2D eigenvalue weighted by Crippen LogP contribution is 2.21. The van der Waals surface area contributed by atoms with E-state index >= 15 is 0 Å². The first-order valence-corrected chi connectivity index (χ1v) is 6.86. The Labute approximate surface area is 108 Å². The van der Waals surface area contributed by atoms with Crippen LogP contribution in [-0.2, 0) is 13.1 Å². The van der Waals surface area contributed by atoms with Crippen molar-refractivity contribution in [1.82, 2.24) is 25.1 Å². The summed E-state index contributed by atoms with van der Waals surface area (Å²) in [6.45, 7) is 7.76. The molecule has 1 aliphatic heterocycles. The van der Waals surface area contributed by atoms with E-state index in [0.29, 0.717) is 5.92 Å². The molecular weight excluding hydrogens is 230 g/mol. The highest BCUT2D eigenvalue weighted by atomic mass is 16.3. The molecule has 0 aliphatic carbocycles. The molecule has 6 nitrogen and oxygen atoms in total. The fourth-order valence-electron chi connectivity index (χ4n) is 2.52. The third kappa shape index (κ3) is 3.26. The molecule has 1 aromatic rings. The van der Waals surface area contributed by atoms with E-state index in [2.05, 4.69) is 27.3 Å². The average Bonchev–Trinajstić information content (AvgIpc) is 2.78. The van der Waals surface area contributed by atoms with Crippen molar-refractivity contribution in [3.8, 4) is 0 Å². The van der Waals surface area contributed by atoms with Crippen molar-refractivity contribution in [2.45, 2.75) is 52.3 Å². The van der Waals surface area contributed by atoms with Gasteiger partial charge in [-0.2, -0.15) is 0 Å². The largest absolute Gasteiger partial charge is 0.393 e. The van der Waals surface area contributed by atoms with Gasteiger partial charge in [-0.25, -0.2) is 4.68 Å². The molecule has 1 atom stereocenters. The van der Waals surface area contributed by atoms with Crippen molar-refractivity contribution >= 4 is 0 Å². The van der Waals surface area contributed by atoms with E-state index in [1.54, 1.807) is 0 Å². The van der Waals surface area contributed by atoms with Gasteiger partial charge >= 0.3 is 0 Å². The number of aromatic nitrogens is 4. The number of likely N-dealkylation sites (tertiary alicyclic amines) is 1. The minimum absolute atomic E-state index is 0.183. The van der Waals surface area contributed by atoms with Crippen LogP contribution in [0.4, 0.5) is 0 Å². The van der Waals surface area contributed by atoms with E-state index in [9.17, 15) is 5.11 Å². The summed E-state index contributed by atoms with van der Waals surface area (Å²) in [6.07, 6.45) is 2.99. The molecule has 0 radical (unpaired) electrons. The fraction of sp³-hybridized carbons (Fsp3) is 0.917. The van der Waals surface area contributed by atoms with Gasteiger partial charge < -0.3 is 5.11 Å². The van der Waals surface area contributed by atoms with Crippen LogP contribution >= 0.6 is 0 Å². The minimum atomic E-state index is -0.183. The number of rotatable bonds is 5. The van der Waals surface area contributed by atoms with Crippen molar-refractivity contribution < 1.29 is 5.11 Å². The number of nitrogens with zero attached hydrogens (tertiary/aromatic N) is 5. The molecule has 2 heterocycles. The zero-order valence-corrected chi connectivity index (χ0v) is 11.3. The van der Waals surface area contributed by atoms with Gasteiger partial charge in [0.05, 0.1) is 12.6 Å². The Morgan fingerprint density at radius 3 is 2.72 bits per heavy atom. The van der Waals surface area contributed by atoms with Crippen molar-refractivity contribution in [3.05, 3.63) is 5.82 Å². The molecule has 1 saturated heterocycles. The van der Waals surface area contributed by atoms with Crippen LogP contribution in [0, 0.1) is 5.92 Å². The molecule has 0 bridgehead atoms. The number of aliphatic hydroxyl groups excluding tert-OH is 1. The topological polar surface area (TPSA) is 67.1 Å². The lowest BCUT2D eigenvalue weighted by Crippen LogP contribution is -2.37. The van der Waals surface area contributed by atoms with Crippen molar-refractivity contribution in [3.63, 3.8) is 0 Å². The highest BCUT2D eigenvalue weighted by molar-refractivity contribution is 4.84. The molecule has 2 rings (SSSR count). The maximum absolute atomic E-state index is 9.58. The third-order valence-electron chi connectivity index (χ3n) is 3.72. The first-order valence-electron chi connectivity index (χ1n) is 6.86. The molecule has 6 heteroatoms. The van der Waals surface area contributed by atoms with Gasteiger partial charge in [0.25, 0.3) is 0 Å². The monoisotopic (exact) mass is 253 g/mol. The maximum atomic E-state index is 9.58. The van der Waals surface area contributed by atoms with E-state index in [-0.39, 0.29) is 6.10 Å². The second-order valence-corrected chi connectivity index (χ2v) is 5.17. The summed E-state index contributed by atoms with van der Waals surface area (Å²) in [5.74, 6) is 1.40. The molecule has 1 aliphatic rings. The lowest BCUT2D eigenvalue weighted by molar-refractivity contribution is 0.0682. The van der Waals surface area contributed by atoms with Crippen LogP contribution in [-0.4, -0.2) is 49.4 Å². The Balaban J connectivity index is 1.85. The summed E-state index contributed by atoms with van der Waals surface area (Å²) in [7, 11) is 0. The molecule has 102 valence electrons. The highest BCUT2D eigenvalue weighted by Gasteiger charge is 2.23. The Kier molecular flexibility index (Phi) is 4.66. The van der Waals surface area contributed by atoms with Gasteiger partial charge in [-0.1, -0.05) is 6.92 Å². The second-order valence-electron chi connectivity index (χ2n) is 5.17. The summed E-state index contributed by atoms with van der Waals surface area (Å²) in [6, 6.07) is 0. The third-order valence-corrected chi connectivity index (χ3v) is 3.72. The van der Waals surface area contributed by atoms with Crippen molar-refractivity contribution in [2.24, 2.45) is 5.92 Å². The number of piperidine rings is 1. The number of aliphatic hydroxyl groups is 1. The summed E-state index contributed by atoms with van der Waals surface area (Å²) < 4.78 is 1.89. The first kappa shape index (κ1) is 13.4. The fourth-order valence-corrected chi connectivity index (χ4v) is 2.52. The number of hydrogen-bond donors (Lipinski definition) is 1. The van der Waals surface area contributed by atoms with Crippen LogP contribution in [0.3, 0.4) is 0 Å². The van der Waals surface area contributed by atoms with Crippen LogP contribution in [0.2, 0.25) is 0 Å². The maximum Gasteiger partial charge on any atom is 0.165 e. The molecular formula is C12H23N5O. The molecule has 0 saturated carbocycles. The van der Waals surface area contributed by atoms with Gasteiger partial charge in [-0.05, 0) is 55.6 Å². The Morgan fingerprint density at radius 2 is 2.11 bits per heavy atom. The van der Waals surface area contributed by atoms with Crippen LogP contribution in [0.15, 0.2) is 0 Å². The molecule has 1 N–H and O–H groups in total. The average molecular weight is 253 g/mol. The number of aryl methyl sites for hydroxylation is 1. The van der Waals surface area contributed by atoms with E-state index < -0.39 is 0 Å². The zero-order valence-electron chi connectivity index (χ0n) is 11.3. The molecule has 18 heavy (non-hydrogen) atoms. The van der Waals surface area contributed by atoms with Gasteiger partial charge in [0.15, 0.2) is 5.82 Å². The SMILES string of the molecule is CCCn1nnnc1CN1CCC(C(C)O)CC1. The molecule has 0 aromatic carbocycles. The van der Waals surface area contributed by atoms with E-state index in [1.807, 2.05) is 11.6 Å². The van der Waals surface area contributed by atoms with E-state index in [0.717, 1.165) is 51.3 Å². The Morgan fingerprint density at radius 1 is 1.39 bits per heavy atom. The first-order chi connectivity index (χ1) is 8.70. The van der Waals surface area contributed by atoms with Crippen molar-refractivity contribution in [1.29, 1.82) is 0 Å². The lowest BCUT2D eigenvalue weighted by atomic mass is 9.92. The normalized spacial score (nSPS) is 20.2. The molecule has 1 aromatic heterocycles.